The maximum Gasteiger partial charge on any atom is 0.148 e. The summed E-state index contributed by atoms with van der Waals surface area (Å²) in [6, 6.07) is 13.1. The number of hydrogen-bond donors (Lipinski definition) is 0. The predicted molar refractivity (Wildman–Crippen MR) is 69.3 cm³/mol. The van der Waals surface area contributed by atoms with Gasteiger partial charge in [0.2, 0.25) is 0 Å². The molecule has 18 heavy (non-hydrogen) atoms. The molecule has 2 aromatic rings. The molecule has 0 atom stereocenters. The maximum absolute atomic E-state index is 5.62. The fourth-order valence-corrected chi connectivity index (χ4v) is 1.42. The number of hydrogen-bond acceptors (Lipinski definition) is 3. The first-order valence-corrected chi connectivity index (χ1v) is 5.57. The van der Waals surface area contributed by atoms with Crippen molar-refractivity contribution in [1.82, 2.24) is 4.98 Å². The van der Waals surface area contributed by atoms with E-state index in [0.29, 0.717) is 12.4 Å². The molecule has 0 spiro atoms. The molecule has 3 nitrogen and oxygen atoms in total. The highest BCUT2D eigenvalue weighted by Crippen LogP contribution is 2.20. The first-order valence-electron chi connectivity index (χ1n) is 5.57. The van der Waals surface area contributed by atoms with Gasteiger partial charge in [-0.2, -0.15) is 0 Å². The van der Waals surface area contributed by atoms with Crippen LogP contribution in [0.15, 0.2) is 48.7 Å². The Balaban J connectivity index is 1.95. The lowest BCUT2D eigenvalue weighted by atomic mass is 10.3. The SMILES string of the molecule is C#CCOc1cccc(OCc2ccccn2)c1. The van der Waals surface area contributed by atoms with Crippen LogP contribution < -0.4 is 9.47 Å². The Morgan fingerprint density at radius 3 is 2.61 bits per heavy atom. The van der Waals surface area contributed by atoms with Gasteiger partial charge in [0.1, 0.15) is 24.7 Å². The molecule has 2 rings (SSSR count). The first-order chi connectivity index (χ1) is 8.88. The molecule has 0 saturated carbocycles. The molecule has 0 aliphatic rings. The van der Waals surface area contributed by atoms with E-state index in [0.717, 1.165) is 11.4 Å². The number of terminal acetylenes is 1. The molecule has 1 aromatic carbocycles. The van der Waals surface area contributed by atoms with Gasteiger partial charge in [0, 0.05) is 12.3 Å². The zero-order valence-electron chi connectivity index (χ0n) is 9.87. The second kappa shape index (κ2) is 6.31. The zero-order valence-corrected chi connectivity index (χ0v) is 9.87. The predicted octanol–water partition coefficient (Wildman–Crippen LogP) is 2.67. The molecular weight excluding hydrogens is 226 g/mol. The maximum atomic E-state index is 5.62. The van der Waals surface area contributed by atoms with E-state index >= 15 is 0 Å². The van der Waals surface area contributed by atoms with Crippen LogP contribution in [-0.2, 0) is 6.61 Å². The Morgan fingerprint density at radius 2 is 1.89 bits per heavy atom. The van der Waals surface area contributed by atoms with E-state index in [1.807, 2.05) is 36.4 Å². The van der Waals surface area contributed by atoms with E-state index in [4.69, 9.17) is 15.9 Å². The molecule has 3 heteroatoms. The molecule has 0 amide bonds. The minimum Gasteiger partial charge on any atom is -0.487 e. The average Bonchev–Trinajstić information content (AvgIpc) is 2.44. The molecular formula is C15H13NO2. The summed E-state index contributed by atoms with van der Waals surface area (Å²) >= 11 is 0. The smallest absolute Gasteiger partial charge is 0.148 e. The fourth-order valence-electron chi connectivity index (χ4n) is 1.42. The normalized spacial score (nSPS) is 9.50. The summed E-state index contributed by atoms with van der Waals surface area (Å²) < 4.78 is 10.9. The Bertz CT molecular complexity index is 532. The van der Waals surface area contributed by atoms with Crippen molar-refractivity contribution in [2.75, 3.05) is 6.61 Å². The van der Waals surface area contributed by atoms with Crippen molar-refractivity contribution in [1.29, 1.82) is 0 Å². The van der Waals surface area contributed by atoms with Crippen LogP contribution in [0.3, 0.4) is 0 Å². The van der Waals surface area contributed by atoms with Gasteiger partial charge in [-0.25, -0.2) is 0 Å². The minimum atomic E-state index is 0.254. The van der Waals surface area contributed by atoms with Gasteiger partial charge in [-0.15, -0.1) is 6.42 Å². The topological polar surface area (TPSA) is 31.4 Å². The van der Waals surface area contributed by atoms with Gasteiger partial charge in [-0.3, -0.25) is 4.98 Å². The van der Waals surface area contributed by atoms with Crippen molar-refractivity contribution in [2.45, 2.75) is 6.61 Å². The monoisotopic (exact) mass is 239 g/mol. The van der Waals surface area contributed by atoms with E-state index in [1.54, 1.807) is 12.3 Å². The summed E-state index contributed by atoms with van der Waals surface area (Å²) in [5.41, 5.74) is 0.882. The lowest BCUT2D eigenvalue weighted by molar-refractivity contribution is 0.297. The highest BCUT2D eigenvalue weighted by atomic mass is 16.5. The molecule has 0 saturated heterocycles. The number of rotatable bonds is 5. The van der Waals surface area contributed by atoms with Crippen molar-refractivity contribution in [2.24, 2.45) is 0 Å². The number of aromatic nitrogens is 1. The zero-order chi connectivity index (χ0) is 12.6. The quantitative estimate of drug-likeness (QED) is 0.752. The van der Waals surface area contributed by atoms with Crippen LogP contribution in [0.25, 0.3) is 0 Å². The molecule has 0 radical (unpaired) electrons. The second-order valence-electron chi connectivity index (χ2n) is 3.58. The molecule has 0 aliphatic carbocycles. The summed E-state index contributed by atoms with van der Waals surface area (Å²) in [6.45, 7) is 0.684. The number of pyridine rings is 1. The standard InChI is InChI=1S/C15H13NO2/c1-2-10-17-14-7-5-8-15(11-14)18-12-13-6-3-4-9-16-13/h1,3-9,11H,10,12H2. The lowest BCUT2D eigenvalue weighted by Gasteiger charge is -2.07. The summed E-state index contributed by atoms with van der Waals surface area (Å²) in [7, 11) is 0. The van der Waals surface area contributed by atoms with Crippen LogP contribution in [0.5, 0.6) is 11.5 Å². The number of nitrogens with zero attached hydrogens (tertiary/aromatic N) is 1. The molecule has 0 unspecified atom stereocenters. The average molecular weight is 239 g/mol. The van der Waals surface area contributed by atoms with E-state index < -0.39 is 0 Å². The Labute approximate surface area is 106 Å². The van der Waals surface area contributed by atoms with Gasteiger partial charge in [0.15, 0.2) is 0 Å². The highest BCUT2D eigenvalue weighted by Gasteiger charge is 1.99. The van der Waals surface area contributed by atoms with E-state index in [2.05, 4.69) is 10.9 Å². The van der Waals surface area contributed by atoms with Gasteiger partial charge in [-0.1, -0.05) is 18.1 Å². The molecule has 90 valence electrons. The molecule has 0 fully saturated rings. The molecule has 0 N–H and O–H groups in total. The molecule has 0 bridgehead atoms. The molecule has 0 aliphatic heterocycles. The van der Waals surface area contributed by atoms with Crippen molar-refractivity contribution < 1.29 is 9.47 Å². The van der Waals surface area contributed by atoms with E-state index in [-0.39, 0.29) is 6.61 Å². The molecule has 1 heterocycles. The number of ether oxygens (including phenoxy) is 2. The van der Waals surface area contributed by atoms with Gasteiger partial charge >= 0.3 is 0 Å². The van der Waals surface area contributed by atoms with Crippen LogP contribution in [0.4, 0.5) is 0 Å². The third-order valence-corrected chi connectivity index (χ3v) is 2.24. The Morgan fingerprint density at radius 1 is 1.06 bits per heavy atom. The summed E-state index contributed by atoms with van der Waals surface area (Å²) in [5.74, 6) is 3.85. The van der Waals surface area contributed by atoms with E-state index in [1.165, 1.54) is 0 Å². The third-order valence-electron chi connectivity index (χ3n) is 2.24. The van der Waals surface area contributed by atoms with Crippen LogP contribution in [0.2, 0.25) is 0 Å². The Hall–Kier alpha value is -2.47. The van der Waals surface area contributed by atoms with E-state index in [9.17, 15) is 0 Å². The molecule has 1 aromatic heterocycles. The van der Waals surface area contributed by atoms with Crippen LogP contribution in [0.1, 0.15) is 5.69 Å². The minimum absolute atomic E-state index is 0.254. The van der Waals surface area contributed by atoms with Gasteiger partial charge < -0.3 is 9.47 Å². The lowest BCUT2D eigenvalue weighted by Crippen LogP contribution is -1.98. The van der Waals surface area contributed by atoms with Gasteiger partial charge in [0.25, 0.3) is 0 Å². The highest BCUT2D eigenvalue weighted by molar-refractivity contribution is 5.33. The van der Waals surface area contributed by atoms with Gasteiger partial charge in [-0.05, 0) is 24.3 Å². The van der Waals surface area contributed by atoms with Crippen LogP contribution in [-0.4, -0.2) is 11.6 Å². The van der Waals surface area contributed by atoms with Crippen LogP contribution >= 0.6 is 0 Å². The summed E-state index contributed by atoms with van der Waals surface area (Å²) in [4.78, 5) is 4.18. The largest absolute Gasteiger partial charge is 0.487 e. The summed E-state index contributed by atoms with van der Waals surface area (Å²) in [5, 5.41) is 0. The second-order valence-corrected chi connectivity index (χ2v) is 3.58. The van der Waals surface area contributed by atoms with Gasteiger partial charge in [0.05, 0.1) is 5.69 Å². The van der Waals surface area contributed by atoms with Crippen LogP contribution in [0, 0.1) is 12.3 Å². The van der Waals surface area contributed by atoms with Crippen molar-refractivity contribution in [3.63, 3.8) is 0 Å². The number of benzene rings is 1. The van der Waals surface area contributed by atoms with Crippen molar-refractivity contribution >= 4 is 0 Å². The first kappa shape index (κ1) is 12.0. The Kier molecular flexibility index (Phi) is 4.21. The third kappa shape index (κ3) is 3.53. The van der Waals surface area contributed by atoms with Crippen molar-refractivity contribution in [3.05, 3.63) is 54.4 Å². The fraction of sp³-hybridized carbons (Fsp3) is 0.133. The summed E-state index contributed by atoms with van der Waals surface area (Å²) in [6.07, 6.45) is 6.88. The van der Waals surface area contributed by atoms with Crippen molar-refractivity contribution in [3.8, 4) is 23.8 Å².